The van der Waals surface area contributed by atoms with Gasteiger partial charge in [0, 0.05) is 6.92 Å². The highest BCUT2D eigenvalue weighted by Crippen LogP contribution is 2.08. The van der Waals surface area contributed by atoms with Gasteiger partial charge in [-0.05, 0) is 0 Å². The Balaban J connectivity index is 4.23. The van der Waals surface area contributed by atoms with Crippen molar-refractivity contribution >= 4 is 17.4 Å². The van der Waals surface area contributed by atoms with Crippen molar-refractivity contribution in [2.45, 2.75) is 18.8 Å². The summed E-state index contributed by atoms with van der Waals surface area (Å²) in [5.41, 5.74) is 0. The Kier molecular flexibility index (Phi) is 3.24. The van der Waals surface area contributed by atoms with Gasteiger partial charge in [-0.15, -0.1) is 11.6 Å². The fourth-order valence-electron chi connectivity index (χ4n) is 0.342. The molecule has 0 rings (SSSR count). The highest BCUT2D eigenvalue weighted by atomic mass is 35.5. The Morgan fingerprint density at radius 3 is 2.20 bits per heavy atom. The van der Waals surface area contributed by atoms with Gasteiger partial charge in [-0.1, -0.05) is 0 Å². The molecule has 0 aliphatic heterocycles. The zero-order chi connectivity index (χ0) is 8.36. The predicted molar refractivity (Wildman–Crippen MR) is 34.6 cm³/mol. The lowest BCUT2D eigenvalue weighted by atomic mass is 10.1. The van der Waals surface area contributed by atoms with E-state index >= 15 is 0 Å². The van der Waals surface area contributed by atoms with Gasteiger partial charge in [-0.25, -0.2) is 0 Å². The summed E-state index contributed by atoms with van der Waals surface area (Å²) in [6, 6.07) is 0. The molecule has 0 fully saturated rings. The molecule has 0 spiro atoms. The number of ketones is 1. The lowest BCUT2D eigenvalue weighted by Crippen LogP contribution is -2.49. The van der Waals surface area contributed by atoms with Crippen LogP contribution in [0.4, 0.5) is 0 Å². The standard InChI is InChI=1S/C5H9ClO4/c1-3(7)5(9,10)4(8)2-6/h4,8-10H,2H2,1H3/t4-/m1/s1. The molecule has 0 aliphatic rings. The van der Waals surface area contributed by atoms with E-state index in [0.29, 0.717) is 0 Å². The molecule has 0 saturated heterocycles. The van der Waals surface area contributed by atoms with Crippen LogP contribution in [0.15, 0.2) is 0 Å². The number of rotatable bonds is 3. The molecule has 10 heavy (non-hydrogen) atoms. The molecule has 0 aromatic heterocycles. The molecule has 3 N–H and O–H groups in total. The molecule has 0 aromatic carbocycles. The van der Waals surface area contributed by atoms with Crippen LogP contribution < -0.4 is 0 Å². The molecule has 0 amide bonds. The van der Waals surface area contributed by atoms with Crippen molar-refractivity contribution in [3.8, 4) is 0 Å². The van der Waals surface area contributed by atoms with Crippen LogP contribution in [0.5, 0.6) is 0 Å². The Morgan fingerprint density at radius 2 is 2.10 bits per heavy atom. The third-order valence-corrected chi connectivity index (χ3v) is 1.42. The quantitative estimate of drug-likeness (QED) is 0.368. The second-order valence-electron chi connectivity index (χ2n) is 1.95. The largest absolute Gasteiger partial charge is 0.386 e. The van der Waals surface area contributed by atoms with Gasteiger partial charge in [0.25, 0.3) is 5.79 Å². The molecule has 60 valence electrons. The van der Waals surface area contributed by atoms with Gasteiger partial charge in [-0.2, -0.15) is 0 Å². The average molecular weight is 169 g/mol. The predicted octanol–water partition coefficient (Wildman–Crippen LogP) is -1.14. The summed E-state index contributed by atoms with van der Waals surface area (Å²) in [5.74, 6) is -4.03. The van der Waals surface area contributed by atoms with Gasteiger partial charge in [0.15, 0.2) is 5.78 Å². The molecule has 0 bridgehead atoms. The van der Waals surface area contributed by atoms with Crippen LogP contribution in [0, 0.1) is 0 Å². The summed E-state index contributed by atoms with van der Waals surface area (Å²) >= 11 is 5.06. The van der Waals surface area contributed by atoms with E-state index in [1.165, 1.54) is 0 Å². The van der Waals surface area contributed by atoms with Crippen LogP contribution in [-0.4, -0.2) is 38.9 Å². The van der Waals surface area contributed by atoms with Crippen molar-refractivity contribution in [3.05, 3.63) is 0 Å². The van der Waals surface area contributed by atoms with E-state index in [-0.39, 0.29) is 0 Å². The third-order valence-electron chi connectivity index (χ3n) is 1.13. The summed E-state index contributed by atoms with van der Waals surface area (Å²) in [4.78, 5) is 10.3. The van der Waals surface area contributed by atoms with Crippen LogP contribution in [0.2, 0.25) is 0 Å². The van der Waals surface area contributed by atoms with Gasteiger partial charge in [0.2, 0.25) is 0 Å². The zero-order valence-corrected chi connectivity index (χ0v) is 6.17. The fourth-order valence-corrected chi connectivity index (χ4v) is 0.557. The number of aliphatic hydroxyl groups is 3. The first-order valence-corrected chi connectivity index (χ1v) is 3.16. The zero-order valence-electron chi connectivity index (χ0n) is 5.41. The van der Waals surface area contributed by atoms with Crippen molar-refractivity contribution in [1.82, 2.24) is 0 Å². The Labute approximate surface area is 63.0 Å². The Bertz CT molecular complexity index is 134. The molecule has 0 radical (unpaired) electrons. The fraction of sp³-hybridized carbons (Fsp3) is 0.800. The second-order valence-corrected chi connectivity index (χ2v) is 2.26. The van der Waals surface area contributed by atoms with Gasteiger partial charge >= 0.3 is 0 Å². The smallest absolute Gasteiger partial charge is 0.251 e. The highest BCUT2D eigenvalue weighted by Gasteiger charge is 2.37. The molecular weight excluding hydrogens is 160 g/mol. The molecular formula is C5H9ClO4. The summed E-state index contributed by atoms with van der Waals surface area (Å²) in [6.45, 7) is 0.954. The molecule has 0 heterocycles. The van der Waals surface area contributed by atoms with Crippen molar-refractivity contribution in [2.75, 3.05) is 5.88 Å². The number of carbonyl (C=O) groups excluding carboxylic acids is 1. The maximum atomic E-state index is 10.3. The number of Topliss-reactive ketones (excluding diaryl/α,β-unsaturated/α-hetero) is 1. The maximum absolute atomic E-state index is 10.3. The molecule has 5 heteroatoms. The summed E-state index contributed by atoms with van der Waals surface area (Å²) in [7, 11) is 0. The minimum atomic E-state index is -2.71. The first kappa shape index (κ1) is 9.84. The molecule has 1 atom stereocenters. The molecule has 0 unspecified atom stereocenters. The van der Waals surface area contributed by atoms with Gasteiger partial charge < -0.3 is 15.3 Å². The van der Waals surface area contributed by atoms with Crippen LogP contribution in [-0.2, 0) is 4.79 Å². The highest BCUT2D eigenvalue weighted by molar-refractivity contribution is 6.18. The number of hydrogen-bond acceptors (Lipinski definition) is 4. The second kappa shape index (κ2) is 3.30. The van der Waals surface area contributed by atoms with E-state index in [4.69, 9.17) is 26.9 Å². The van der Waals surface area contributed by atoms with E-state index in [9.17, 15) is 4.79 Å². The van der Waals surface area contributed by atoms with Gasteiger partial charge in [0.05, 0.1) is 5.88 Å². The van der Waals surface area contributed by atoms with Crippen molar-refractivity contribution < 1.29 is 20.1 Å². The Hall–Kier alpha value is -0.160. The third kappa shape index (κ3) is 1.91. The maximum Gasteiger partial charge on any atom is 0.251 e. The lowest BCUT2D eigenvalue weighted by molar-refractivity contribution is -0.213. The van der Waals surface area contributed by atoms with Gasteiger partial charge in [0.1, 0.15) is 6.10 Å². The number of hydrogen-bond donors (Lipinski definition) is 3. The minimum Gasteiger partial charge on any atom is -0.386 e. The van der Waals surface area contributed by atoms with E-state index in [1.54, 1.807) is 0 Å². The first-order valence-electron chi connectivity index (χ1n) is 2.62. The number of aliphatic hydroxyl groups excluding tert-OH is 1. The molecule has 0 aliphatic carbocycles. The molecule has 0 saturated carbocycles. The normalized spacial score (nSPS) is 14.9. The van der Waals surface area contributed by atoms with E-state index in [1.807, 2.05) is 0 Å². The Morgan fingerprint density at radius 1 is 1.70 bits per heavy atom. The van der Waals surface area contributed by atoms with Crippen molar-refractivity contribution in [1.29, 1.82) is 0 Å². The van der Waals surface area contributed by atoms with E-state index in [2.05, 4.69) is 0 Å². The first-order chi connectivity index (χ1) is 4.42. The topological polar surface area (TPSA) is 77.8 Å². The van der Waals surface area contributed by atoms with Crippen LogP contribution in [0.1, 0.15) is 6.92 Å². The van der Waals surface area contributed by atoms with E-state index in [0.717, 1.165) is 6.92 Å². The molecule has 4 nitrogen and oxygen atoms in total. The van der Waals surface area contributed by atoms with Crippen molar-refractivity contribution in [2.24, 2.45) is 0 Å². The lowest BCUT2D eigenvalue weighted by Gasteiger charge is -2.22. The summed E-state index contributed by atoms with van der Waals surface area (Å²) in [5, 5.41) is 26.2. The van der Waals surface area contributed by atoms with Crippen molar-refractivity contribution in [3.63, 3.8) is 0 Å². The molecule has 0 aromatic rings. The SMILES string of the molecule is CC(=O)C(O)(O)[C@H](O)CCl. The van der Waals surface area contributed by atoms with Crippen LogP contribution in [0.25, 0.3) is 0 Å². The van der Waals surface area contributed by atoms with Gasteiger partial charge in [-0.3, -0.25) is 4.79 Å². The number of alkyl halides is 1. The summed E-state index contributed by atoms with van der Waals surface area (Å²) in [6.07, 6.45) is -1.63. The monoisotopic (exact) mass is 168 g/mol. The van der Waals surface area contributed by atoms with Crippen LogP contribution >= 0.6 is 11.6 Å². The van der Waals surface area contributed by atoms with E-state index < -0.39 is 23.6 Å². The minimum absolute atomic E-state index is 0.396. The van der Waals surface area contributed by atoms with Crippen LogP contribution in [0.3, 0.4) is 0 Å². The number of halogens is 1. The average Bonchev–Trinajstić information content (AvgIpc) is 1.86. The number of carbonyl (C=O) groups is 1. The summed E-state index contributed by atoms with van der Waals surface area (Å²) < 4.78 is 0.